The number of likely N-dealkylation sites (tertiary alicyclic amines) is 1. The molecule has 0 saturated carbocycles. The molecule has 1 N–H and O–H groups in total. The Morgan fingerprint density at radius 2 is 2.19 bits per heavy atom. The minimum atomic E-state index is 0.0869. The van der Waals surface area contributed by atoms with Gasteiger partial charge in [0.05, 0.1) is 13.1 Å². The summed E-state index contributed by atoms with van der Waals surface area (Å²) >= 11 is 0. The van der Waals surface area contributed by atoms with Crippen LogP contribution in [0.2, 0.25) is 0 Å². The third-order valence-electron chi connectivity index (χ3n) is 3.95. The van der Waals surface area contributed by atoms with Gasteiger partial charge in [0.15, 0.2) is 0 Å². The van der Waals surface area contributed by atoms with Crippen LogP contribution in [0.25, 0.3) is 0 Å². The molecule has 0 unspecified atom stereocenters. The van der Waals surface area contributed by atoms with Crippen molar-refractivity contribution in [1.29, 1.82) is 0 Å². The molecule has 1 fully saturated rings. The minimum absolute atomic E-state index is 0.0869. The first kappa shape index (κ1) is 15.9. The molecule has 1 aromatic heterocycles. The predicted molar refractivity (Wildman–Crippen MR) is 81.0 cm³/mol. The normalized spacial score (nSPS) is 19.4. The van der Waals surface area contributed by atoms with Crippen LogP contribution in [0.15, 0.2) is 0 Å². The molecule has 1 aliphatic rings. The van der Waals surface area contributed by atoms with Crippen LogP contribution in [-0.2, 0) is 11.3 Å². The summed E-state index contributed by atoms with van der Waals surface area (Å²) in [5.41, 5.74) is 0. The molecule has 1 amide bonds. The fourth-order valence-electron chi connectivity index (χ4n) is 2.71. The van der Waals surface area contributed by atoms with Gasteiger partial charge in [-0.1, -0.05) is 0 Å². The summed E-state index contributed by atoms with van der Waals surface area (Å²) in [5.74, 6) is 1.74. The quantitative estimate of drug-likeness (QED) is 0.777. The van der Waals surface area contributed by atoms with Crippen LogP contribution in [0, 0.1) is 13.8 Å². The van der Waals surface area contributed by atoms with Crippen molar-refractivity contribution in [3.8, 4) is 0 Å². The lowest BCUT2D eigenvalue weighted by Gasteiger charge is -2.20. The van der Waals surface area contributed by atoms with Crippen molar-refractivity contribution in [2.75, 3.05) is 40.3 Å². The van der Waals surface area contributed by atoms with Crippen molar-refractivity contribution in [3.63, 3.8) is 0 Å². The van der Waals surface area contributed by atoms with Crippen LogP contribution < -0.4 is 5.32 Å². The van der Waals surface area contributed by atoms with E-state index in [0.717, 1.165) is 31.2 Å². The SMILES string of the molecule is Cc1nc(C)n(CCNC(=O)CN2CC[C@H](N(C)C)C2)n1. The summed E-state index contributed by atoms with van der Waals surface area (Å²) in [6.45, 7) is 7.51. The maximum Gasteiger partial charge on any atom is 0.234 e. The largest absolute Gasteiger partial charge is 0.353 e. The van der Waals surface area contributed by atoms with E-state index in [1.54, 1.807) is 0 Å². The third-order valence-corrected chi connectivity index (χ3v) is 3.95. The first-order chi connectivity index (χ1) is 9.95. The Labute approximate surface area is 126 Å². The van der Waals surface area contributed by atoms with Gasteiger partial charge < -0.3 is 10.2 Å². The summed E-state index contributed by atoms with van der Waals surface area (Å²) < 4.78 is 1.83. The number of hydrogen-bond donors (Lipinski definition) is 1. The molecule has 21 heavy (non-hydrogen) atoms. The number of hydrogen-bond acceptors (Lipinski definition) is 5. The Bertz CT molecular complexity index is 484. The molecule has 0 aromatic carbocycles. The highest BCUT2D eigenvalue weighted by Crippen LogP contribution is 2.12. The highest BCUT2D eigenvalue weighted by molar-refractivity contribution is 5.78. The van der Waals surface area contributed by atoms with E-state index < -0.39 is 0 Å². The molecule has 1 saturated heterocycles. The molecule has 7 nitrogen and oxygen atoms in total. The van der Waals surface area contributed by atoms with Gasteiger partial charge >= 0.3 is 0 Å². The maximum atomic E-state index is 11.9. The molecule has 2 rings (SSSR count). The number of carbonyl (C=O) groups excluding carboxylic acids is 1. The van der Waals surface area contributed by atoms with Gasteiger partial charge in [-0.15, -0.1) is 0 Å². The summed E-state index contributed by atoms with van der Waals surface area (Å²) in [5, 5.41) is 7.23. The second-order valence-corrected chi connectivity index (χ2v) is 5.92. The van der Waals surface area contributed by atoms with Crippen molar-refractivity contribution in [1.82, 2.24) is 29.9 Å². The van der Waals surface area contributed by atoms with Crippen LogP contribution in [-0.4, -0.2) is 76.8 Å². The standard InChI is InChI=1S/C14H26N6O/c1-11-16-12(2)20(17-11)8-6-15-14(21)10-19-7-5-13(9-19)18(3)4/h13H,5-10H2,1-4H3,(H,15,21)/t13-/m0/s1. The second kappa shape index (κ2) is 7.00. The van der Waals surface area contributed by atoms with Crippen LogP contribution in [0.4, 0.5) is 0 Å². The zero-order valence-corrected chi connectivity index (χ0v) is 13.5. The molecule has 0 radical (unpaired) electrons. The van der Waals surface area contributed by atoms with Crippen molar-refractivity contribution in [2.45, 2.75) is 32.9 Å². The van der Waals surface area contributed by atoms with Gasteiger partial charge in [0, 0.05) is 25.7 Å². The first-order valence-electron chi connectivity index (χ1n) is 7.49. The number of likely N-dealkylation sites (N-methyl/N-ethyl adjacent to an activating group) is 1. The van der Waals surface area contributed by atoms with Gasteiger partial charge in [0.2, 0.25) is 5.91 Å². The number of nitrogens with one attached hydrogen (secondary N) is 1. The van der Waals surface area contributed by atoms with E-state index in [1.807, 2.05) is 18.5 Å². The number of nitrogens with zero attached hydrogens (tertiary/aromatic N) is 5. The smallest absolute Gasteiger partial charge is 0.234 e. The molecule has 118 valence electrons. The summed E-state index contributed by atoms with van der Waals surface area (Å²) in [7, 11) is 4.19. The Balaban J connectivity index is 1.67. The zero-order valence-electron chi connectivity index (χ0n) is 13.5. The average molecular weight is 294 g/mol. The molecule has 1 atom stereocenters. The molecule has 0 bridgehead atoms. The van der Waals surface area contributed by atoms with E-state index in [-0.39, 0.29) is 5.91 Å². The van der Waals surface area contributed by atoms with Gasteiger partial charge in [-0.2, -0.15) is 5.10 Å². The van der Waals surface area contributed by atoms with Gasteiger partial charge in [0.25, 0.3) is 0 Å². The summed E-state index contributed by atoms with van der Waals surface area (Å²) in [4.78, 5) is 20.6. The Kier molecular flexibility index (Phi) is 5.30. The van der Waals surface area contributed by atoms with Crippen LogP contribution in [0.1, 0.15) is 18.1 Å². The lowest BCUT2D eigenvalue weighted by atomic mass is 10.2. The van der Waals surface area contributed by atoms with Gasteiger partial charge in [-0.25, -0.2) is 9.67 Å². The lowest BCUT2D eigenvalue weighted by molar-refractivity contribution is -0.122. The van der Waals surface area contributed by atoms with Crippen LogP contribution in [0.3, 0.4) is 0 Å². The lowest BCUT2D eigenvalue weighted by Crippen LogP contribution is -2.39. The highest BCUT2D eigenvalue weighted by atomic mass is 16.2. The van der Waals surface area contributed by atoms with E-state index in [1.165, 1.54) is 0 Å². The number of amides is 1. The second-order valence-electron chi connectivity index (χ2n) is 5.92. The van der Waals surface area contributed by atoms with Gasteiger partial charge in [-0.3, -0.25) is 9.69 Å². The fourth-order valence-corrected chi connectivity index (χ4v) is 2.71. The van der Waals surface area contributed by atoms with Crippen molar-refractivity contribution < 1.29 is 4.79 Å². The van der Waals surface area contributed by atoms with E-state index in [4.69, 9.17) is 0 Å². The van der Waals surface area contributed by atoms with Crippen molar-refractivity contribution in [3.05, 3.63) is 11.6 Å². The van der Waals surface area contributed by atoms with Crippen LogP contribution in [0.5, 0.6) is 0 Å². The summed E-state index contributed by atoms with van der Waals surface area (Å²) in [6, 6.07) is 0.568. The number of carbonyl (C=O) groups is 1. The first-order valence-corrected chi connectivity index (χ1v) is 7.49. The highest BCUT2D eigenvalue weighted by Gasteiger charge is 2.24. The van der Waals surface area contributed by atoms with Gasteiger partial charge in [0.1, 0.15) is 11.6 Å². The van der Waals surface area contributed by atoms with E-state index in [2.05, 4.69) is 39.3 Å². The maximum absolute atomic E-state index is 11.9. The van der Waals surface area contributed by atoms with Crippen LogP contribution >= 0.6 is 0 Å². The molecular formula is C14H26N6O. The van der Waals surface area contributed by atoms with E-state index >= 15 is 0 Å². The van der Waals surface area contributed by atoms with Crippen molar-refractivity contribution >= 4 is 5.91 Å². The number of rotatable bonds is 6. The minimum Gasteiger partial charge on any atom is -0.353 e. The fraction of sp³-hybridized carbons (Fsp3) is 0.786. The van der Waals surface area contributed by atoms with Gasteiger partial charge in [-0.05, 0) is 34.4 Å². The Hall–Kier alpha value is -1.47. The predicted octanol–water partition coefficient (Wildman–Crippen LogP) is -0.353. The Morgan fingerprint density at radius 1 is 1.43 bits per heavy atom. The topological polar surface area (TPSA) is 66.3 Å². The molecule has 1 aliphatic heterocycles. The molecule has 1 aromatic rings. The van der Waals surface area contributed by atoms with Crippen molar-refractivity contribution in [2.24, 2.45) is 0 Å². The molecule has 2 heterocycles. The monoisotopic (exact) mass is 294 g/mol. The molecule has 7 heteroatoms. The average Bonchev–Trinajstić information content (AvgIpc) is 2.97. The zero-order chi connectivity index (χ0) is 15.4. The number of aromatic nitrogens is 3. The summed E-state index contributed by atoms with van der Waals surface area (Å²) in [6.07, 6.45) is 1.14. The number of aryl methyl sites for hydroxylation is 2. The van der Waals surface area contributed by atoms with E-state index in [9.17, 15) is 4.79 Å². The molecule has 0 spiro atoms. The Morgan fingerprint density at radius 3 is 2.76 bits per heavy atom. The third kappa shape index (κ3) is 4.50. The molecule has 0 aliphatic carbocycles. The van der Waals surface area contributed by atoms with E-state index in [0.29, 0.717) is 25.7 Å². The molecular weight excluding hydrogens is 268 g/mol.